The lowest BCUT2D eigenvalue weighted by molar-refractivity contribution is -0.113. The third-order valence-electron chi connectivity index (χ3n) is 6.72. The highest BCUT2D eigenvalue weighted by Gasteiger charge is 2.23. The Morgan fingerprint density at radius 3 is 2.77 bits per heavy atom. The van der Waals surface area contributed by atoms with Gasteiger partial charge in [0.25, 0.3) is 5.56 Å². The average Bonchev–Trinajstić information content (AvgIpc) is 3.60. The van der Waals surface area contributed by atoms with Crippen LogP contribution in [0.2, 0.25) is 0 Å². The van der Waals surface area contributed by atoms with Gasteiger partial charge in [-0.05, 0) is 62.4 Å². The van der Waals surface area contributed by atoms with Crippen molar-refractivity contribution in [1.29, 1.82) is 5.26 Å². The molecule has 0 saturated heterocycles. The van der Waals surface area contributed by atoms with Crippen LogP contribution in [0.15, 0.2) is 62.2 Å². The molecule has 0 aliphatic heterocycles. The number of fused-ring (bicyclic) bond motifs is 2. The summed E-state index contributed by atoms with van der Waals surface area (Å²) >= 11 is 4.09. The largest absolute Gasteiger partial charge is 0.461 e. The van der Waals surface area contributed by atoms with Crippen molar-refractivity contribution in [3.63, 3.8) is 0 Å². The van der Waals surface area contributed by atoms with Crippen molar-refractivity contribution in [2.24, 2.45) is 0 Å². The monoisotopic (exact) mass is 572 g/mol. The molecule has 0 atom stereocenters. The minimum absolute atomic E-state index is 0.0494. The molecule has 4 aromatic heterocycles. The molecule has 1 aromatic carbocycles. The first-order valence-electron chi connectivity index (χ1n) is 12.7. The number of rotatable bonds is 6. The summed E-state index contributed by atoms with van der Waals surface area (Å²) in [6, 6.07) is 15.3. The summed E-state index contributed by atoms with van der Waals surface area (Å²) < 4.78 is 7.36. The van der Waals surface area contributed by atoms with Crippen molar-refractivity contribution >= 4 is 55.6 Å². The Morgan fingerprint density at radius 1 is 1.18 bits per heavy atom. The number of para-hydroxylation sites is 1. The van der Waals surface area contributed by atoms with E-state index in [1.165, 1.54) is 39.3 Å². The highest BCUT2D eigenvalue weighted by atomic mass is 32.2. The minimum atomic E-state index is -0.236. The molecule has 1 aliphatic carbocycles. The van der Waals surface area contributed by atoms with Gasteiger partial charge in [0.05, 0.1) is 22.4 Å². The number of anilines is 1. The summed E-state index contributed by atoms with van der Waals surface area (Å²) in [6.45, 7) is 1.87. The number of aromatic nitrogens is 2. The maximum Gasteiger partial charge on any atom is 0.268 e. The van der Waals surface area contributed by atoms with E-state index in [1.54, 1.807) is 4.57 Å². The van der Waals surface area contributed by atoms with E-state index in [1.807, 2.05) is 54.8 Å². The lowest BCUT2D eigenvalue weighted by Gasteiger charge is -2.12. The van der Waals surface area contributed by atoms with E-state index in [9.17, 15) is 14.9 Å². The number of hydrogen-bond donors (Lipinski definition) is 1. The number of carbonyl (C=O) groups excluding carboxylic acids is 1. The molecular formula is C29H24N4O3S3. The zero-order chi connectivity index (χ0) is 26.9. The highest BCUT2D eigenvalue weighted by Crippen LogP contribution is 2.37. The fourth-order valence-electron chi connectivity index (χ4n) is 4.88. The van der Waals surface area contributed by atoms with E-state index in [-0.39, 0.29) is 17.2 Å². The standard InChI is InChI=1S/C29H24N4O3S3/c1-17-12-13-22(36-17)21-15-37-27-25(21)28(35)33(18-8-4-2-5-9-18)29(32-27)38-16-24(34)31-26-20(14-30)19-10-6-3-7-11-23(19)39-26/h2,4-5,8-9,12-13,15H,3,6-7,10-11,16H2,1H3,(H,31,34). The molecule has 0 bridgehead atoms. The van der Waals surface area contributed by atoms with Crippen molar-refractivity contribution in [2.45, 2.75) is 44.2 Å². The number of nitrogens with one attached hydrogen (secondary N) is 1. The predicted molar refractivity (Wildman–Crippen MR) is 157 cm³/mol. The fourth-order valence-corrected chi connectivity index (χ4v) is 7.91. The summed E-state index contributed by atoms with van der Waals surface area (Å²) in [5.41, 5.74) is 2.85. The second kappa shape index (κ2) is 10.8. The van der Waals surface area contributed by atoms with Crippen molar-refractivity contribution in [1.82, 2.24) is 9.55 Å². The predicted octanol–water partition coefficient (Wildman–Crippen LogP) is 6.95. The van der Waals surface area contributed by atoms with Gasteiger partial charge in [-0.1, -0.05) is 36.4 Å². The van der Waals surface area contributed by atoms with Crippen LogP contribution in [0.3, 0.4) is 0 Å². The van der Waals surface area contributed by atoms with E-state index in [4.69, 9.17) is 9.40 Å². The highest BCUT2D eigenvalue weighted by molar-refractivity contribution is 7.99. The summed E-state index contributed by atoms with van der Waals surface area (Å²) in [7, 11) is 0. The number of benzene rings is 1. The quantitative estimate of drug-likeness (QED) is 0.134. The number of thiophene rings is 2. The summed E-state index contributed by atoms with van der Waals surface area (Å²) in [5, 5.41) is 16.2. The third kappa shape index (κ3) is 4.93. The van der Waals surface area contributed by atoms with Crippen molar-refractivity contribution in [3.05, 3.63) is 80.0 Å². The van der Waals surface area contributed by atoms with Crippen molar-refractivity contribution in [2.75, 3.05) is 11.1 Å². The van der Waals surface area contributed by atoms with Gasteiger partial charge in [-0.15, -0.1) is 22.7 Å². The molecule has 1 N–H and O–H groups in total. The molecule has 0 saturated carbocycles. The number of hydrogen-bond acceptors (Lipinski definition) is 8. The zero-order valence-electron chi connectivity index (χ0n) is 21.2. The van der Waals surface area contributed by atoms with Gasteiger partial charge in [0.15, 0.2) is 5.16 Å². The van der Waals surface area contributed by atoms with E-state index in [2.05, 4.69) is 11.4 Å². The number of aryl methyl sites for hydroxylation is 2. The minimum Gasteiger partial charge on any atom is -0.461 e. The number of thioether (sulfide) groups is 1. The number of nitrogens with zero attached hydrogens (tertiary/aromatic N) is 3. The van der Waals surface area contributed by atoms with E-state index in [0.29, 0.717) is 42.9 Å². The molecule has 1 amide bonds. The molecule has 196 valence electrons. The number of carbonyl (C=O) groups is 1. The summed E-state index contributed by atoms with van der Waals surface area (Å²) in [5.74, 6) is 1.20. The Morgan fingerprint density at radius 2 is 2.00 bits per heavy atom. The molecule has 7 nitrogen and oxygen atoms in total. The number of nitriles is 1. The Hall–Kier alpha value is -3.65. The zero-order valence-corrected chi connectivity index (χ0v) is 23.6. The molecule has 0 fully saturated rings. The third-order valence-corrected chi connectivity index (χ3v) is 9.73. The normalized spacial score (nSPS) is 13.1. The maximum absolute atomic E-state index is 13.9. The summed E-state index contributed by atoms with van der Waals surface area (Å²) in [6.07, 6.45) is 5.17. The van der Waals surface area contributed by atoms with Gasteiger partial charge in [-0.2, -0.15) is 5.26 Å². The van der Waals surface area contributed by atoms with Gasteiger partial charge in [-0.3, -0.25) is 14.2 Å². The van der Waals surface area contributed by atoms with Gasteiger partial charge in [-0.25, -0.2) is 4.98 Å². The molecule has 6 rings (SSSR count). The molecule has 39 heavy (non-hydrogen) atoms. The number of furan rings is 1. The second-order valence-corrected chi connectivity index (χ2v) is 12.2. The van der Waals surface area contributed by atoms with Gasteiger partial charge in [0, 0.05) is 15.8 Å². The van der Waals surface area contributed by atoms with Crippen LogP contribution in [0, 0.1) is 18.3 Å². The maximum atomic E-state index is 13.9. The summed E-state index contributed by atoms with van der Waals surface area (Å²) in [4.78, 5) is 33.6. The molecule has 0 spiro atoms. The van der Waals surface area contributed by atoms with Crippen LogP contribution in [-0.2, 0) is 17.6 Å². The molecule has 4 heterocycles. The fraction of sp³-hybridized carbons (Fsp3) is 0.241. The van der Waals surface area contributed by atoms with Crippen LogP contribution in [0.5, 0.6) is 0 Å². The van der Waals surface area contributed by atoms with E-state index >= 15 is 0 Å². The van der Waals surface area contributed by atoms with E-state index < -0.39 is 0 Å². The van der Waals surface area contributed by atoms with Crippen LogP contribution in [0.1, 0.15) is 41.0 Å². The molecule has 0 unspecified atom stereocenters. The van der Waals surface area contributed by atoms with Gasteiger partial charge >= 0.3 is 0 Å². The van der Waals surface area contributed by atoms with E-state index in [0.717, 1.165) is 43.4 Å². The SMILES string of the molecule is Cc1ccc(-c2csc3nc(SCC(=O)Nc4sc5c(c4C#N)CCCCC5)n(-c4ccccc4)c(=O)c23)o1. The smallest absolute Gasteiger partial charge is 0.268 e. The Kier molecular flexibility index (Phi) is 7.12. The molecule has 1 aliphatic rings. The Bertz CT molecular complexity index is 1790. The van der Waals surface area contributed by atoms with Crippen LogP contribution < -0.4 is 10.9 Å². The molecule has 10 heteroatoms. The van der Waals surface area contributed by atoms with Gasteiger partial charge in [0.1, 0.15) is 27.4 Å². The Balaban J connectivity index is 1.32. The first-order chi connectivity index (χ1) is 19.0. The topological polar surface area (TPSA) is 101 Å². The Labute approximate surface area is 237 Å². The molecule has 0 radical (unpaired) electrons. The van der Waals surface area contributed by atoms with Gasteiger partial charge in [0.2, 0.25) is 5.91 Å². The van der Waals surface area contributed by atoms with Crippen LogP contribution in [0.4, 0.5) is 5.00 Å². The number of amides is 1. The molecule has 5 aromatic rings. The molecular weight excluding hydrogens is 549 g/mol. The second-order valence-electron chi connectivity index (χ2n) is 9.33. The van der Waals surface area contributed by atoms with Gasteiger partial charge < -0.3 is 9.73 Å². The van der Waals surface area contributed by atoms with Crippen LogP contribution in [-0.4, -0.2) is 21.2 Å². The first-order valence-corrected chi connectivity index (χ1v) is 15.4. The lowest BCUT2D eigenvalue weighted by Crippen LogP contribution is -2.22. The lowest BCUT2D eigenvalue weighted by atomic mass is 10.1. The van der Waals surface area contributed by atoms with Crippen LogP contribution >= 0.6 is 34.4 Å². The van der Waals surface area contributed by atoms with Crippen molar-refractivity contribution < 1.29 is 9.21 Å². The average molecular weight is 573 g/mol. The van der Waals surface area contributed by atoms with Crippen LogP contribution in [0.25, 0.3) is 27.2 Å². The van der Waals surface area contributed by atoms with Crippen molar-refractivity contribution in [3.8, 4) is 23.1 Å². The first kappa shape index (κ1) is 25.6.